The van der Waals surface area contributed by atoms with Gasteiger partial charge in [0.15, 0.2) is 0 Å². The maximum absolute atomic E-state index is 12.2. The predicted molar refractivity (Wildman–Crippen MR) is 67.7 cm³/mol. The van der Waals surface area contributed by atoms with Gasteiger partial charge in [-0.15, -0.1) is 11.6 Å². The van der Waals surface area contributed by atoms with Crippen molar-refractivity contribution in [1.82, 2.24) is 9.55 Å². The number of anilines is 1. The minimum Gasteiger partial charge on any atom is -0.348 e. The predicted octanol–water partition coefficient (Wildman–Crippen LogP) is 1.42. The SMILES string of the molecule is CCn1c(N(C)C)nc(C)c(CCCl)c1=O. The molecule has 1 heterocycles. The molecule has 5 heteroatoms. The topological polar surface area (TPSA) is 38.1 Å². The van der Waals surface area contributed by atoms with Crippen molar-refractivity contribution in [2.45, 2.75) is 26.8 Å². The van der Waals surface area contributed by atoms with E-state index in [4.69, 9.17) is 11.6 Å². The minimum atomic E-state index is 0.0272. The quantitative estimate of drug-likeness (QED) is 0.751. The van der Waals surface area contributed by atoms with E-state index in [1.54, 1.807) is 4.57 Å². The van der Waals surface area contributed by atoms with Crippen LogP contribution in [0.4, 0.5) is 5.95 Å². The Labute approximate surface area is 101 Å². The number of rotatable bonds is 4. The summed E-state index contributed by atoms with van der Waals surface area (Å²) in [5.41, 5.74) is 1.53. The molecule has 0 aliphatic heterocycles. The van der Waals surface area contributed by atoms with Gasteiger partial charge in [-0.1, -0.05) is 0 Å². The Bertz CT molecular complexity index is 426. The summed E-state index contributed by atoms with van der Waals surface area (Å²) in [6.07, 6.45) is 0.576. The van der Waals surface area contributed by atoms with Crippen LogP contribution in [0.3, 0.4) is 0 Å². The largest absolute Gasteiger partial charge is 0.348 e. The highest BCUT2D eigenvalue weighted by molar-refractivity contribution is 6.17. The van der Waals surface area contributed by atoms with Gasteiger partial charge in [0.05, 0.1) is 0 Å². The second-order valence-electron chi connectivity index (χ2n) is 3.86. The van der Waals surface area contributed by atoms with Gasteiger partial charge in [0.1, 0.15) is 0 Å². The lowest BCUT2D eigenvalue weighted by atomic mass is 10.2. The van der Waals surface area contributed by atoms with Crippen LogP contribution in [0, 0.1) is 6.92 Å². The number of alkyl halides is 1. The summed E-state index contributed by atoms with van der Waals surface area (Å²) in [7, 11) is 3.77. The summed E-state index contributed by atoms with van der Waals surface area (Å²) in [5.74, 6) is 1.14. The Kier molecular flexibility index (Phi) is 4.35. The highest BCUT2D eigenvalue weighted by atomic mass is 35.5. The van der Waals surface area contributed by atoms with Crippen LogP contribution in [0.1, 0.15) is 18.2 Å². The van der Waals surface area contributed by atoms with Crippen molar-refractivity contribution in [3.05, 3.63) is 21.6 Å². The van der Waals surface area contributed by atoms with Crippen molar-refractivity contribution in [2.75, 3.05) is 24.9 Å². The maximum Gasteiger partial charge on any atom is 0.258 e. The van der Waals surface area contributed by atoms with Crippen molar-refractivity contribution in [3.63, 3.8) is 0 Å². The Morgan fingerprint density at radius 2 is 2.06 bits per heavy atom. The molecule has 0 aliphatic rings. The van der Waals surface area contributed by atoms with E-state index in [2.05, 4.69) is 4.98 Å². The molecule has 0 atom stereocenters. The van der Waals surface area contributed by atoms with E-state index in [1.165, 1.54) is 0 Å². The lowest BCUT2D eigenvalue weighted by Crippen LogP contribution is -2.31. The highest BCUT2D eigenvalue weighted by Crippen LogP contribution is 2.10. The molecule has 0 amide bonds. The molecule has 0 aromatic carbocycles. The Morgan fingerprint density at radius 1 is 1.44 bits per heavy atom. The average Bonchev–Trinajstić information content (AvgIpc) is 2.23. The van der Waals surface area contributed by atoms with E-state index in [9.17, 15) is 4.79 Å². The van der Waals surface area contributed by atoms with E-state index in [0.717, 1.165) is 11.3 Å². The molecule has 0 N–H and O–H groups in total. The van der Waals surface area contributed by atoms with E-state index in [0.29, 0.717) is 24.8 Å². The van der Waals surface area contributed by atoms with Gasteiger partial charge in [0.2, 0.25) is 5.95 Å². The Hall–Kier alpha value is -1.03. The number of halogens is 1. The van der Waals surface area contributed by atoms with Gasteiger partial charge in [-0.25, -0.2) is 4.98 Å². The number of hydrogen-bond acceptors (Lipinski definition) is 3. The number of hydrogen-bond donors (Lipinski definition) is 0. The van der Waals surface area contributed by atoms with Crippen LogP contribution in [0.2, 0.25) is 0 Å². The van der Waals surface area contributed by atoms with Crippen molar-refractivity contribution >= 4 is 17.5 Å². The molecule has 0 bridgehead atoms. The van der Waals surface area contributed by atoms with Crippen LogP contribution in [-0.4, -0.2) is 29.5 Å². The summed E-state index contributed by atoms with van der Waals surface area (Å²) < 4.78 is 1.68. The van der Waals surface area contributed by atoms with Crippen LogP contribution in [0.5, 0.6) is 0 Å². The zero-order valence-electron chi connectivity index (χ0n) is 10.2. The van der Waals surface area contributed by atoms with Crippen molar-refractivity contribution in [3.8, 4) is 0 Å². The van der Waals surface area contributed by atoms with E-state index >= 15 is 0 Å². The van der Waals surface area contributed by atoms with Gasteiger partial charge < -0.3 is 4.90 Å². The first kappa shape index (κ1) is 13.0. The molecule has 0 radical (unpaired) electrons. The first-order valence-electron chi connectivity index (χ1n) is 5.36. The fraction of sp³-hybridized carbons (Fsp3) is 0.636. The molecule has 1 rings (SSSR count). The molecular weight excluding hydrogens is 226 g/mol. The summed E-state index contributed by atoms with van der Waals surface area (Å²) in [5, 5.41) is 0. The molecule has 4 nitrogen and oxygen atoms in total. The lowest BCUT2D eigenvalue weighted by Gasteiger charge is -2.19. The molecule has 1 aromatic rings. The fourth-order valence-electron chi connectivity index (χ4n) is 1.70. The first-order chi connectivity index (χ1) is 7.52. The minimum absolute atomic E-state index is 0.0272. The van der Waals surface area contributed by atoms with Crippen LogP contribution in [0.25, 0.3) is 0 Å². The molecule has 0 saturated carbocycles. The van der Waals surface area contributed by atoms with Crippen LogP contribution in [0.15, 0.2) is 4.79 Å². The maximum atomic E-state index is 12.2. The third-order valence-electron chi connectivity index (χ3n) is 2.51. The van der Waals surface area contributed by atoms with Crippen LogP contribution >= 0.6 is 11.6 Å². The third-order valence-corrected chi connectivity index (χ3v) is 2.70. The standard InChI is InChI=1S/C11H18ClN3O/c1-5-15-10(16)9(6-7-12)8(2)13-11(15)14(3)4/h5-7H2,1-4H3. The number of nitrogens with zero attached hydrogens (tertiary/aromatic N) is 3. The Morgan fingerprint density at radius 3 is 2.50 bits per heavy atom. The summed E-state index contributed by atoms with van der Waals surface area (Å²) >= 11 is 5.69. The third kappa shape index (κ3) is 2.38. The smallest absolute Gasteiger partial charge is 0.258 e. The summed E-state index contributed by atoms with van der Waals surface area (Å²) in [6.45, 7) is 4.42. The van der Waals surface area contributed by atoms with Gasteiger partial charge in [-0.05, 0) is 20.3 Å². The molecule has 1 aromatic heterocycles. The number of aromatic nitrogens is 2. The highest BCUT2D eigenvalue weighted by Gasteiger charge is 2.13. The van der Waals surface area contributed by atoms with Crippen molar-refractivity contribution in [2.24, 2.45) is 0 Å². The molecule has 0 unspecified atom stereocenters. The molecule has 16 heavy (non-hydrogen) atoms. The van der Waals surface area contributed by atoms with Gasteiger partial charge >= 0.3 is 0 Å². The second-order valence-corrected chi connectivity index (χ2v) is 4.24. The van der Waals surface area contributed by atoms with Gasteiger partial charge in [0.25, 0.3) is 5.56 Å². The van der Waals surface area contributed by atoms with Gasteiger partial charge in [0, 0.05) is 37.8 Å². The van der Waals surface area contributed by atoms with Gasteiger partial charge in [-0.2, -0.15) is 0 Å². The van der Waals surface area contributed by atoms with E-state index in [-0.39, 0.29) is 5.56 Å². The fourth-order valence-corrected chi connectivity index (χ4v) is 1.88. The normalized spacial score (nSPS) is 10.6. The lowest BCUT2D eigenvalue weighted by molar-refractivity contribution is 0.679. The van der Waals surface area contributed by atoms with Crippen LogP contribution in [-0.2, 0) is 13.0 Å². The Balaban J connectivity index is 3.44. The first-order valence-corrected chi connectivity index (χ1v) is 5.90. The van der Waals surface area contributed by atoms with Crippen molar-refractivity contribution < 1.29 is 0 Å². The molecule has 0 fully saturated rings. The molecular formula is C11H18ClN3O. The number of aryl methyl sites for hydroxylation is 1. The van der Waals surface area contributed by atoms with Gasteiger partial charge in [-0.3, -0.25) is 9.36 Å². The zero-order chi connectivity index (χ0) is 12.3. The van der Waals surface area contributed by atoms with Crippen LogP contribution < -0.4 is 10.5 Å². The average molecular weight is 244 g/mol. The van der Waals surface area contributed by atoms with Crippen molar-refractivity contribution in [1.29, 1.82) is 0 Å². The second kappa shape index (κ2) is 5.34. The summed E-state index contributed by atoms with van der Waals surface area (Å²) in [6, 6.07) is 0. The molecule has 0 aliphatic carbocycles. The zero-order valence-corrected chi connectivity index (χ0v) is 11.0. The molecule has 0 spiro atoms. The van der Waals surface area contributed by atoms with E-state index < -0.39 is 0 Å². The molecule has 90 valence electrons. The monoisotopic (exact) mass is 243 g/mol. The van der Waals surface area contributed by atoms with E-state index in [1.807, 2.05) is 32.8 Å². The summed E-state index contributed by atoms with van der Waals surface area (Å²) in [4.78, 5) is 18.5. The molecule has 0 saturated heterocycles.